The van der Waals surface area contributed by atoms with Gasteiger partial charge in [0.25, 0.3) is 11.1 Å². The molecule has 1 heterocycles. The van der Waals surface area contributed by atoms with Crippen molar-refractivity contribution in [1.82, 2.24) is 5.32 Å². The number of rotatable bonds is 6. The van der Waals surface area contributed by atoms with Crippen LogP contribution in [-0.4, -0.2) is 25.0 Å². The van der Waals surface area contributed by atoms with Crippen LogP contribution >= 0.6 is 34.8 Å². The molecule has 9 heteroatoms. The maximum absolute atomic E-state index is 11.8. The summed E-state index contributed by atoms with van der Waals surface area (Å²) in [6, 6.07) is 0. The highest BCUT2D eigenvalue weighted by Gasteiger charge is 2.27. The van der Waals surface area contributed by atoms with Gasteiger partial charge in [-0.15, -0.1) is 0 Å². The number of hydrogen-bond acceptors (Lipinski definition) is 4. The SMILES string of the molecule is CCCCNC(=O)COC(=O)c1[nH+]c(Cl)c(Cl)c(N)c1Cl. The molecule has 0 aliphatic heterocycles. The summed E-state index contributed by atoms with van der Waals surface area (Å²) in [5.74, 6) is -1.25. The number of aromatic amines is 1. The van der Waals surface area contributed by atoms with Crippen LogP contribution in [0.4, 0.5) is 5.69 Å². The van der Waals surface area contributed by atoms with Gasteiger partial charge in [-0.2, -0.15) is 4.98 Å². The van der Waals surface area contributed by atoms with Gasteiger partial charge >= 0.3 is 11.7 Å². The Bertz CT molecular complexity index is 552. The molecule has 21 heavy (non-hydrogen) atoms. The van der Waals surface area contributed by atoms with Gasteiger partial charge in [0.1, 0.15) is 10.0 Å². The molecule has 116 valence electrons. The average Bonchev–Trinajstić information content (AvgIpc) is 2.46. The van der Waals surface area contributed by atoms with Crippen LogP contribution in [0.5, 0.6) is 0 Å². The molecule has 0 aliphatic carbocycles. The molecule has 0 aromatic carbocycles. The van der Waals surface area contributed by atoms with E-state index in [1.54, 1.807) is 0 Å². The number of H-pyrrole nitrogens is 1. The fourth-order valence-electron chi connectivity index (χ4n) is 1.37. The quantitative estimate of drug-likeness (QED) is 0.464. The van der Waals surface area contributed by atoms with E-state index >= 15 is 0 Å². The molecule has 1 rings (SSSR count). The number of hydrogen-bond donors (Lipinski definition) is 2. The van der Waals surface area contributed by atoms with Crippen LogP contribution in [0, 0.1) is 0 Å². The van der Waals surface area contributed by atoms with E-state index in [0.717, 1.165) is 12.8 Å². The minimum absolute atomic E-state index is 0.00975. The van der Waals surface area contributed by atoms with Crippen LogP contribution < -0.4 is 16.0 Å². The minimum Gasteiger partial charge on any atom is -0.448 e. The second kappa shape index (κ2) is 8.26. The number of anilines is 1. The second-order valence-corrected chi connectivity index (χ2v) is 5.27. The third-order valence-corrected chi connectivity index (χ3v) is 3.68. The fourth-order valence-corrected chi connectivity index (χ4v) is 1.97. The summed E-state index contributed by atoms with van der Waals surface area (Å²) >= 11 is 17.4. The van der Waals surface area contributed by atoms with Gasteiger partial charge in [-0.3, -0.25) is 4.79 Å². The Morgan fingerprint density at radius 1 is 1.29 bits per heavy atom. The lowest BCUT2D eigenvalue weighted by Gasteiger charge is -2.06. The van der Waals surface area contributed by atoms with Crippen molar-refractivity contribution in [2.45, 2.75) is 19.8 Å². The number of nitrogens with two attached hydrogens (primary N) is 1. The summed E-state index contributed by atoms with van der Waals surface area (Å²) in [6.07, 6.45) is 1.80. The molecule has 0 radical (unpaired) electrons. The van der Waals surface area contributed by atoms with Crippen molar-refractivity contribution in [3.05, 3.63) is 20.9 Å². The number of amides is 1. The van der Waals surface area contributed by atoms with E-state index in [2.05, 4.69) is 10.3 Å². The molecule has 0 aliphatic rings. The zero-order valence-corrected chi connectivity index (χ0v) is 13.5. The Kier molecular flexibility index (Phi) is 7.01. The van der Waals surface area contributed by atoms with Crippen molar-refractivity contribution in [3.8, 4) is 0 Å². The van der Waals surface area contributed by atoms with Crippen molar-refractivity contribution >= 4 is 52.4 Å². The first-order chi connectivity index (χ1) is 9.88. The van der Waals surface area contributed by atoms with E-state index in [0.29, 0.717) is 6.54 Å². The number of aromatic nitrogens is 1. The lowest BCUT2D eigenvalue weighted by atomic mass is 10.3. The van der Waals surface area contributed by atoms with Crippen LogP contribution in [-0.2, 0) is 9.53 Å². The summed E-state index contributed by atoms with van der Waals surface area (Å²) in [5.41, 5.74) is 5.40. The predicted octanol–water partition coefficient (Wildman–Crippen LogP) is 2.12. The molecule has 1 amide bonds. The maximum Gasteiger partial charge on any atom is 0.405 e. The molecule has 0 bridgehead atoms. The number of unbranched alkanes of at least 4 members (excludes halogenated alkanes) is 1. The number of nitrogen functional groups attached to an aromatic ring is 1. The second-order valence-electron chi connectivity index (χ2n) is 4.14. The number of carbonyl (C=O) groups excluding carboxylic acids is 2. The maximum atomic E-state index is 11.8. The number of ether oxygens (including phenoxy) is 1. The van der Waals surface area contributed by atoms with Gasteiger partial charge in [-0.25, -0.2) is 4.79 Å². The minimum atomic E-state index is -0.851. The van der Waals surface area contributed by atoms with E-state index in [9.17, 15) is 9.59 Å². The first-order valence-corrected chi connectivity index (χ1v) is 7.30. The highest BCUT2D eigenvalue weighted by atomic mass is 35.5. The number of pyridine rings is 1. The first kappa shape index (κ1) is 17.8. The molecule has 0 atom stereocenters. The molecule has 0 saturated carbocycles. The van der Waals surface area contributed by atoms with Crippen molar-refractivity contribution in [3.63, 3.8) is 0 Å². The van der Waals surface area contributed by atoms with E-state index in [1.165, 1.54) is 0 Å². The lowest BCUT2D eigenvalue weighted by molar-refractivity contribution is -0.380. The van der Waals surface area contributed by atoms with Crippen molar-refractivity contribution in [2.75, 3.05) is 18.9 Å². The molecule has 0 saturated heterocycles. The number of nitrogens with one attached hydrogen (secondary N) is 2. The van der Waals surface area contributed by atoms with Gasteiger partial charge in [-0.1, -0.05) is 36.5 Å². The van der Waals surface area contributed by atoms with Crippen LogP contribution in [0.1, 0.15) is 30.3 Å². The van der Waals surface area contributed by atoms with Crippen molar-refractivity contribution in [2.24, 2.45) is 0 Å². The van der Waals surface area contributed by atoms with Gasteiger partial charge in [0, 0.05) is 6.54 Å². The molecule has 0 fully saturated rings. The Hall–Kier alpha value is -1.24. The van der Waals surface area contributed by atoms with Gasteiger partial charge in [0.05, 0.1) is 5.69 Å². The van der Waals surface area contributed by atoms with Gasteiger partial charge in [0.2, 0.25) is 0 Å². The Morgan fingerprint density at radius 2 is 1.95 bits per heavy atom. The summed E-state index contributed by atoms with van der Waals surface area (Å²) in [4.78, 5) is 25.7. The van der Waals surface area contributed by atoms with E-state index in [-0.39, 0.29) is 26.6 Å². The number of carbonyl (C=O) groups is 2. The average molecular weight is 356 g/mol. The van der Waals surface area contributed by atoms with Crippen LogP contribution in [0.25, 0.3) is 0 Å². The Morgan fingerprint density at radius 3 is 2.57 bits per heavy atom. The van der Waals surface area contributed by atoms with Gasteiger partial charge in [0.15, 0.2) is 6.61 Å². The zero-order chi connectivity index (χ0) is 16.0. The van der Waals surface area contributed by atoms with Crippen LogP contribution in [0.3, 0.4) is 0 Å². The summed E-state index contributed by atoms with van der Waals surface area (Å²) in [6.45, 7) is 2.10. The Balaban J connectivity index is 2.67. The zero-order valence-electron chi connectivity index (χ0n) is 11.3. The number of esters is 1. The molecule has 0 unspecified atom stereocenters. The highest BCUT2D eigenvalue weighted by Crippen LogP contribution is 2.32. The lowest BCUT2D eigenvalue weighted by Crippen LogP contribution is -2.31. The molecule has 1 aromatic rings. The molecule has 1 aromatic heterocycles. The van der Waals surface area contributed by atoms with Crippen LogP contribution in [0.15, 0.2) is 0 Å². The molecule has 0 spiro atoms. The number of halogens is 3. The van der Waals surface area contributed by atoms with E-state index < -0.39 is 18.5 Å². The largest absolute Gasteiger partial charge is 0.448 e. The monoisotopic (exact) mass is 354 g/mol. The smallest absolute Gasteiger partial charge is 0.405 e. The highest BCUT2D eigenvalue weighted by molar-refractivity contribution is 6.45. The van der Waals surface area contributed by atoms with Crippen molar-refractivity contribution in [1.29, 1.82) is 0 Å². The molecule has 6 nitrogen and oxygen atoms in total. The standard InChI is InChI=1S/C12H14Cl3N3O3/c1-2-3-4-17-6(19)5-21-12(20)10-7(13)9(16)8(14)11(15)18-10/h2-5H2,1H3,(H2,16,18)(H,17,19)/p+1. The van der Waals surface area contributed by atoms with E-state index in [1.807, 2.05) is 6.92 Å². The van der Waals surface area contributed by atoms with Crippen molar-refractivity contribution < 1.29 is 19.3 Å². The summed E-state index contributed by atoms with van der Waals surface area (Å²) in [7, 11) is 0. The predicted molar refractivity (Wildman–Crippen MR) is 80.6 cm³/mol. The first-order valence-electron chi connectivity index (χ1n) is 6.17. The molecule has 4 N–H and O–H groups in total. The summed E-state index contributed by atoms with van der Waals surface area (Å²) in [5, 5.41) is 2.46. The van der Waals surface area contributed by atoms with Gasteiger partial charge in [-0.05, 0) is 18.0 Å². The van der Waals surface area contributed by atoms with E-state index in [4.69, 9.17) is 45.3 Å². The van der Waals surface area contributed by atoms with Gasteiger partial charge < -0.3 is 15.8 Å². The normalized spacial score (nSPS) is 10.3. The summed E-state index contributed by atoms with van der Waals surface area (Å²) < 4.78 is 4.83. The molecular formula is C12H15Cl3N3O3+. The Labute approximate surface area is 136 Å². The third-order valence-electron chi connectivity index (χ3n) is 2.51. The topological polar surface area (TPSA) is 95.6 Å². The third kappa shape index (κ3) is 4.91. The van der Waals surface area contributed by atoms with Crippen LogP contribution in [0.2, 0.25) is 15.2 Å². The molecular weight excluding hydrogens is 341 g/mol. The fraction of sp³-hybridized carbons (Fsp3) is 0.417.